The lowest BCUT2D eigenvalue weighted by Crippen LogP contribution is -2.35. The average Bonchev–Trinajstić information content (AvgIpc) is 2.47. The SMILES string of the molecule is CC(NC1CCCSC1)c1ccc2c(c1)NC(=O)CO2. The van der Waals surface area contributed by atoms with E-state index in [1.807, 2.05) is 23.9 Å². The molecule has 0 saturated carbocycles. The van der Waals surface area contributed by atoms with Crippen molar-refractivity contribution in [3.05, 3.63) is 23.8 Å². The zero-order valence-corrected chi connectivity index (χ0v) is 12.5. The predicted octanol–water partition coefficient (Wildman–Crippen LogP) is 2.56. The Hall–Kier alpha value is -1.20. The van der Waals surface area contributed by atoms with Crippen molar-refractivity contribution in [3.63, 3.8) is 0 Å². The number of hydrogen-bond acceptors (Lipinski definition) is 4. The minimum absolute atomic E-state index is 0.0843. The maximum Gasteiger partial charge on any atom is 0.262 e. The molecule has 0 aliphatic carbocycles. The Morgan fingerprint density at radius 1 is 1.50 bits per heavy atom. The maximum atomic E-state index is 11.4. The van der Waals surface area contributed by atoms with Gasteiger partial charge in [0.2, 0.25) is 0 Å². The highest BCUT2D eigenvalue weighted by Gasteiger charge is 2.20. The first-order valence-corrected chi connectivity index (χ1v) is 8.28. The second kappa shape index (κ2) is 6.06. The number of carbonyl (C=O) groups excluding carboxylic acids is 1. The minimum Gasteiger partial charge on any atom is -0.482 e. The number of rotatable bonds is 3. The number of carbonyl (C=O) groups is 1. The van der Waals surface area contributed by atoms with E-state index >= 15 is 0 Å². The van der Waals surface area contributed by atoms with E-state index in [9.17, 15) is 4.79 Å². The van der Waals surface area contributed by atoms with Crippen LogP contribution in [0.2, 0.25) is 0 Å². The Bertz CT molecular complexity index is 501. The Morgan fingerprint density at radius 2 is 2.40 bits per heavy atom. The molecule has 4 nitrogen and oxygen atoms in total. The van der Waals surface area contributed by atoms with Crippen molar-refractivity contribution in [1.82, 2.24) is 5.32 Å². The highest BCUT2D eigenvalue weighted by Crippen LogP contribution is 2.31. The van der Waals surface area contributed by atoms with Crippen LogP contribution in [0.15, 0.2) is 18.2 Å². The van der Waals surface area contributed by atoms with Gasteiger partial charge in [-0.3, -0.25) is 4.79 Å². The number of benzene rings is 1. The van der Waals surface area contributed by atoms with Crippen molar-refractivity contribution in [1.29, 1.82) is 0 Å². The van der Waals surface area contributed by atoms with Crippen LogP contribution in [-0.2, 0) is 4.79 Å². The molecule has 1 aromatic rings. The van der Waals surface area contributed by atoms with E-state index in [1.165, 1.54) is 29.9 Å². The summed E-state index contributed by atoms with van der Waals surface area (Å²) in [6.07, 6.45) is 2.55. The van der Waals surface area contributed by atoms with E-state index in [0.717, 1.165) is 11.4 Å². The van der Waals surface area contributed by atoms with E-state index in [2.05, 4.69) is 23.6 Å². The number of fused-ring (bicyclic) bond motifs is 1. The first kappa shape index (κ1) is 13.8. The molecule has 5 heteroatoms. The van der Waals surface area contributed by atoms with E-state index in [0.29, 0.717) is 6.04 Å². The Labute approximate surface area is 123 Å². The van der Waals surface area contributed by atoms with Crippen LogP contribution in [0.25, 0.3) is 0 Å². The number of hydrogen-bond donors (Lipinski definition) is 2. The normalized spacial score (nSPS) is 23.4. The lowest BCUT2D eigenvalue weighted by atomic mass is 10.0. The fourth-order valence-corrected chi connectivity index (χ4v) is 3.78. The highest BCUT2D eigenvalue weighted by molar-refractivity contribution is 7.99. The molecule has 1 fully saturated rings. The quantitative estimate of drug-likeness (QED) is 0.899. The van der Waals surface area contributed by atoms with Gasteiger partial charge in [-0.05, 0) is 43.2 Å². The number of nitrogens with one attached hydrogen (secondary N) is 2. The first-order valence-electron chi connectivity index (χ1n) is 7.13. The lowest BCUT2D eigenvalue weighted by molar-refractivity contribution is -0.118. The van der Waals surface area contributed by atoms with E-state index in [-0.39, 0.29) is 18.6 Å². The number of thioether (sulfide) groups is 1. The van der Waals surface area contributed by atoms with Crippen molar-refractivity contribution in [3.8, 4) is 5.75 Å². The van der Waals surface area contributed by atoms with Crippen LogP contribution in [0, 0.1) is 0 Å². The van der Waals surface area contributed by atoms with Crippen LogP contribution in [0.5, 0.6) is 5.75 Å². The molecular formula is C15H20N2O2S. The number of amides is 1. The van der Waals surface area contributed by atoms with Gasteiger partial charge in [-0.25, -0.2) is 0 Å². The van der Waals surface area contributed by atoms with Crippen LogP contribution in [0.4, 0.5) is 5.69 Å². The predicted molar refractivity (Wildman–Crippen MR) is 82.5 cm³/mol. The summed E-state index contributed by atoms with van der Waals surface area (Å²) in [5, 5.41) is 6.54. The topological polar surface area (TPSA) is 50.4 Å². The number of anilines is 1. The summed E-state index contributed by atoms with van der Waals surface area (Å²) < 4.78 is 5.38. The van der Waals surface area contributed by atoms with Gasteiger partial charge in [0.15, 0.2) is 6.61 Å². The van der Waals surface area contributed by atoms with Crippen molar-refractivity contribution < 1.29 is 9.53 Å². The molecule has 20 heavy (non-hydrogen) atoms. The fraction of sp³-hybridized carbons (Fsp3) is 0.533. The molecule has 2 atom stereocenters. The third kappa shape index (κ3) is 3.10. The summed E-state index contributed by atoms with van der Waals surface area (Å²) in [7, 11) is 0. The van der Waals surface area contributed by atoms with E-state index in [1.54, 1.807) is 0 Å². The Balaban J connectivity index is 1.69. The van der Waals surface area contributed by atoms with Crippen molar-refractivity contribution in [2.45, 2.75) is 31.8 Å². The first-order chi connectivity index (χ1) is 9.72. The molecule has 108 valence electrons. The third-order valence-corrected chi connectivity index (χ3v) is 5.00. The maximum absolute atomic E-state index is 11.4. The summed E-state index contributed by atoms with van der Waals surface area (Å²) in [5.74, 6) is 3.15. The van der Waals surface area contributed by atoms with Crippen LogP contribution in [-0.4, -0.2) is 30.1 Å². The van der Waals surface area contributed by atoms with Gasteiger partial charge in [-0.15, -0.1) is 0 Å². The van der Waals surface area contributed by atoms with E-state index in [4.69, 9.17) is 4.74 Å². The smallest absolute Gasteiger partial charge is 0.262 e. The molecule has 0 aromatic heterocycles. The molecule has 2 unspecified atom stereocenters. The Kier molecular flexibility index (Phi) is 4.17. The molecule has 1 saturated heterocycles. The molecular weight excluding hydrogens is 272 g/mol. The summed E-state index contributed by atoms with van der Waals surface area (Å²) in [5.41, 5.74) is 1.97. The molecule has 2 aliphatic heterocycles. The molecule has 2 heterocycles. The number of ether oxygens (including phenoxy) is 1. The van der Waals surface area contributed by atoms with Gasteiger partial charge in [0, 0.05) is 17.8 Å². The highest BCUT2D eigenvalue weighted by atomic mass is 32.2. The summed E-state index contributed by atoms with van der Waals surface area (Å²) in [6.45, 7) is 2.28. The summed E-state index contributed by atoms with van der Waals surface area (Å²) >= 11 is 2.02. The standard InChI is InChI=1S/C15H20N2O2S/c1-10(16-12-3-2-6-20-9-12)11-4-5-14-13(7-11)17-15(18)8-19-14/h4-5,7,10,12,16H,2-3,6,8-9H2,1H3,(H,17,18). The second-order valence-electron chi connectivity index (χ2n) is 5.39. The van der Waals surface area contributed by atoms with Gasteiger partial charge in [-0.2, -0.15) is 11.8 Å². The van der Waals surface area contributed by atoms with Gasteiger partial charge in [0.1, 0.15) is 5.75 Å². The second-order valence-corrected chi connectivity index (χ2v) is 6.54. The van der Waals surface area contributed by atoms with Gasteiger partial charge in [0.25, 0.3) is 5.91 Å². The van der Waals surface area contributed by atoms with Gasteiger partial charge >= 0.3 is 0 Å². The van der Waals surface area contributed by atoms with Crippen molar-refractivity contribution >= 4 is 23.4 Å². The Morgan fingerprint density at radius 3 is 3.20 bits per heavy atom. The molecule has 2 N–H and O–H groups in total. The van der Waals surface area contributed by atoms with Crippen molar-refractivity contribution in [2.75, 3.05) is 23.4 Å². The molecule has 0 spiro atoms. The molecule has 3 rings (SSSR count). The van der Waals surface area contributed by atoms with Crippen molar-refractivity contribution in [2.24, 2.45) is 0 Å². The zero-order valence-electron chi connectivity index (χ0n) is 11.6. The minimum atomic E-state index is -0.0843. The zero-order chi connectivity index (χ0) is 13.9. The summed E-state index contributed by atoms with van der Waals surface area (Å²) in [6, 6.07) is 6.90. The van der Waals surface area contributed by atoms with Gasteiger partial charge in [0.05, 0.1) is 5.69 Å². The largest absolute Gasteiger partial charge is 0.482 e. The van der Waals surface area contributed by atoms with E-state index < -0.39 is 0 Å². The molecule has 2 aliphatic rings. The summed E-state index contributed by atoms with van der Waals surface area (Å²) in [4.78, 5) is 11.4. The monoisotopic (exact) mass is 292 g/mol. The molecule has 0 radical (unpaired) electrons. The molecule has 1 aromatic carbocycles. The van der Waals surface area contributed by atoms with Gasteiger partial charge < -0.3 is 15.4 Å². The lowest BCUT2D eigenvalue weighted by Gasteiger charge is -2.27. The van der Waals surface area contributed by atoms with Crippen LogP contribution < -0.4 is 15.4 Å². The van der Waals surface area contributed by atoms with Crippen LogP contribution >= 0.6 is 11.8 Å². The van der Waals surface area contributed by atoms with Crippen LogP contribution in [0.1, 0.15) is 31.4 Å². The fourth-order valence-electron chi connectivity index (χ4n) is 2.69. The average molecular weight is 292 g/mol. The molecule has 0 bridgehead atoms. The van der Waals surface area contributed by atoms with Gasteiger partial charge in [-0.1, -0.05) is 6.07 Å². The third-order valence-electron chi connectivity index (χ3n) is 3.78. The molecule has 1 amide bonds. The van der Waals surface area contributed by atoms with Crippen LogP contribution in [0.3, 0.4) is 0 Å².